The minimum atomic E-state index is -1.10. The average molecular weight is 340 g/mol. The van der Waals surface area contributed by atoms with Crippen molar-refractivity contribution in [1.29, 1.82) is 5.41 Å². The number of fused-ring (bicyclic) bond motifs is 1. The summed E-state index contributed by atoms with van der Waals surface area (Å²) in [6.45, 7) is 2.77. The van der Waals surface area contributed by atoms with Crippen LogP contribution in [0.2, 0.25) is 0 Å². The molecule has 8 nitrogen and oxygen atoms in total. The summed E-state index contributed by atoms with van der Waals surface area (Å²) in [7, 11) is 0. The van der Waals surface area contributed by atoms with Crippen LogP contribution in [0.1, 0.15) is 19.8 Å². The van der Waals surface area contributed by atoms with Crippen LogP contribution in [0.5, 0.6) is 0 Å². The second kappa shape index (κ2) is 5.72. The van der Waals surface area contributed by atoms with Crippen LogP contribution in [0.4, 0.5) is 0 Å². The van der Waals surface area contributed by atoms with Crippen LogP contribution in [0.3, 0.4) is 0 Å². The van der Waals surface area contributed by atoms with Crippen LogP contribution < -0.4 is 5.73 Å². The number of carbonyl (C=O) groups excluding carboxylic acids is 1. The smallest absolute Gasteiger partial charge is 0.353 e. The van der Waals surface area contributed by atoms with Crippen molar-refractivity contribution < 1.29 is 19.8 Å². The molecule has 0 aromatic rings. The zero-order valence-electron chi connectivity index (χ0n) is 12.7. The van der Waals surface area contributed by atoms with Crippen molar-refractivity contribution in [2.75, 3.05) is 13.1 Å². The Hall–Kier alpha value is -1.74. The summed E-state index contributed by atoms with van der Waals surface area (Å²) in [5, 5.41) is 26.4. The highest BCUT2D eigenvalue weighted by atomic mass is 32.2. The van der Waals surface area contributed by atoms with Gasteiger partial charge < -0.3 is 20.8 Å². The molecule has 0 radical (unpaired) electrons. The zero-order valence-corrected chi connectivity index (χ0v) is 13.5. The molecule has 126 valence electrons. The summed E-state index contributed by atoms with van der Waals surface area (Å²) in [4.78, 5) is 27.6. The monoisotopic (exact) mass is 340 g/mol. The summed E-state index contributed by atoms with van der Waals surface area (Å²) >= 11 is 1.39. The molecule has 3 aliphatic heterocycles. The van der Waals surface area contributed by atoms with Gasteiger partial charge in [-0.3, -0.25) is 15.1 Å². The van der Waals surface area contributed by atoms with Gasteiger partial charge in [0.05, 0.1) is 12.0 Å². The van der Waals surface area contributed by atoms with E-state index in [0.717, 1.165) is 4.91 Å². The maximum atomic E-state index is 12.2. The van der Waals surface area contributed by atoms with Crippen LogP contribution >= 0.6 is 11.8 Å². The number of aliphatic carboxylic acids is 1. The number of hydrogen-bond donors (Lipinski definition) is 4. The van der Waals surface area contributed by atoms with E-state index in [-0.39, 0.29) is 28.9 Å². The highest BCUT2D eigenvalue weighted by molar-refractivity contribution is 8.04. The van der Waals surface area contributed by atoms with Gasteiger partial charge in [-0.1, -0.05) is 0 Å². The largest absolute Gasteiger partial charge is 0.477 e. The molecule has 1 amide bonds. The Kier molecular flexibility index (Phi) is 4.01. The number of β-lactam (4-membered cyclic amide) rings is 1. The van der Waals surface area contributed by atoms with E-state index in [2.05, 4.69) is 0 Å². The minimum absolute atomic E-state index is 0.0307. The van der Waals surface area contributed by atoms with Crippen LogP contribution in [-0.4, -0.2) is 62.4 Å². The first-order valence-electron chi connectivity index (χ1n) is 7.57. The molecule has 3 heterocycles. The predicted octanol–water partition coefficient (Wildman–Crippen LogP) is -0.200. The lowest BCUT2D eigenvalue weighted by Gasteiger charge is -2.43. The molecule has 1 unspecified atom stereocenters. The lowest BCUT2D eigenvalue weighted by molar-refractivity contribution is -0.156. The number of carboxylic acid groups (broad SMARTS) is 1. The summed E-state index contributed by atoms with van der Waals surface area (Å²) in [6.07, 6.45) is 0.616. The molecule has 3 aliphatic rings. The number of amides is 1. The molecular formula is C14H20N4O4S. The van der Waals surface area contributed by atoms with E-state index in [1.165, 1.54) is 16.7 Å². The van der Waals surface area contributed by atoms with Crippen LogP contribution in [-0.2, 0) is 9.59 Å². The van der Waals surface area contributed by atoms with Crippen LogP contribution in [0.15, 0.2) is 10.6 Å². The fraction of sp³-hybridized carbons (Fsp3) is 0.643. The first-order valence-corrected chi connectivity index (χ1v) is 8.45. The molecule has 9 heteroatoms. The first-order chi connectivity index (χ1) is 10.8. The van der Waals surface area contributed by atoms with Gasteiger partial charge in [-0.25, -0.2) is 4.79 Å². The Morgan fingerprint density at radius 2 is 2.04 bits per heavy atom. The molecule has 5 N–H and O–H groups in total. The quantitative estimate of drug-likeness (QED) is 0.318. The van der Waals surface area contributed by atoms with E-state index in [4.69, 9.17) is 11.1 Å². The number of aliphatic hydroxyl groups is 1. The van der Waals surface area contributed by atoms with Gasteiger partial charge in [0.1, 0.15) is 11.1 Å². The number of rotatable bonds is 3. The fourth-order valence-corrected chi connectivity index (χ4v) is 5.27. The standard InChI is InChI=1S/C14H20N4O4S/c1-6(19)8-11(20)18-9(13(21)22)10(23-12(8)18)7-2-4-17(5-3-7)14(15)16/h6-8,12,19H,2-5H2,1H3,(H3,15,16)(H,21,22)/t6?,8-,12+/m0/s1. The van der Waals surface area contributed by atoms with Gasteiger partial charge >= 0.3 is 5.97 Å². The summed E-state index contributed by atoms with van der Waals surface area (Å²) in [5.41, 5.74) is 5.55. The van der Waals surface area contributed by atoms with Gasteiger partial charge in [-0.05, 0) is 25.7 Å². The molecule has 0 aromatic carbocycles. The van der Waals surface area contributed by atoms with Crippen molar-refractivity contribution in [3.63, 3.8) is 0 Å². The van der Waals surface area contributed by atoms with Crippen molar-refractivity contribution >= 4 is 29.6 Å². The fourth-order valence-electron chi connectivity index (χ4n) is 3.48. The third kappa shape index (κ3) is 2.47. The molecular weight excluding hydrogens is 320 g/mol. The number of thioether (sulfide) groups is 1. The summed E-state index contributed by atoms with van der Waals surface area (Å²) in [6, 6.07) is 0. The number of aliphatic hydroxyl groups excluding tert-OH is 1. The second-order valence-corrected chi connectivity index (χ2v) is 7.31. The topological polar surface area (TPSA) is 131 Å². The third-order valence-electron chi connectivity index (χ3n) is 4.74. The molecule has 2 saturated heterocycles. The van der Waals surface area contributed by atoms with Crippen molar-refractivity contribution in [1.82, 2.24) is 9.80 Å². The van der Waals surface area contributed by atoms with E-state index < -0.39 is 18.0 Å². The highest BCUT2D eigenvalue weighted by Crippen LogP contribution is 2.53. The predicted molar refractivity (Wildman–Crippen MR) is 84.3 cm³/mol. The molecule has 0 saturated carbocycles. The summed E-state index contributed by atoms with van der Waals surface area (Å²) in [5.74, 6) is -1.87. The molecule has 3 atom stereocenters. The Bertz CT molecular complexity index is 598. The molecule has 0 spiro atoms. The van der Waals surface area contributed by atoms with E-state index in [0.29, 0.717) is 25.9 Å². The molecule has 3 rings (SSSR count). The Morgan fingerprint density at radius 3 is 2.52 bits per heavy atom. The number of nitrogens with two attached hydrogens (primary N) is 1. The molecule has 0 bridgehead atoms. The van der Waals surface area contributed by atoms with Crippen LogP contribution in [0.25, 0.3) is 0 Å². The lowest BCUT2D eigenvalue weighted by Crippen LogP contribution is -2.60. The number of likely N-dealkylation sites (tertiary alicyclic amines) is 1. The molecule has 0 aliphatic carbocycles. The van der Waals surface area contributed by atoms with Gasteiger partial charge in [0.2, 0.25) is 5.91 Å². The van der Waals surface area contributed by atoms with Gasteiger partial charge in [-0.15, -0.1) is 11.8 Å². The Balaban J connectivity index is 1.81. The van der Waals surface area contributed by atoms with Crippen molar-refractivity contribution in [3.05, 3.63) is 10.6 Å². The van der Waals surface area contributed by atoms with E-state index >= 15 is 0 Å². The van der Waals surface area contributed by atoms with Gasteiger partial charge in [0, 0.05) is 18.0 Å². The van der Waals surface area contributed by atoms with Crippen molar-refractivity contribution in [3.8, 4) is 0 Å². The first kappa shape index (κ1) is 16.1. The number of allylic oxidation sites excluding steroid dienone is 1. The van der Waals surface area contributed by atoms with Crippen molar-refractivity contribution in [2.45, 2.75) is 31.2 Å². The average Bonchev–Trinajstić information content (AvgIpc) is 2.82. The lowest BCUT2D eigenvalue weighted by atomic mass is 9.90. The number of nitrogens with one attached hydrogen (secondary N) is 1. The Labute approximate surface area is 137 Å². The molecule has 23 heavy (non-hydrogen) atoms. The third-order valence-corrected chi connectivity index (χ3v) is 6.26. The molecule has 0 aromatic heterocycles. The number of hydrogen-bond acceptors (Lipinski definition) is 5. The normalized spacial score (nSPS) is 29.4. The number of carbonyl (C=O) groups is 2. The number of guanidine groups is 1. The van der Waals surface area contributed by atoms with E-state index in [9.17, 15) is 19.8 Å². The summed E-state index contributed by atoms with van der Waals surface area (Å²) < 4.78 is 0. The van der Waals surface area contributed by atoms with Crippen molar-refractivity contribution in [2.24, 2.45) is 17.6 Å². The number of carboxylic acids is 1. The van der Waals surface area contributed by atoms with Gasteiger partial charge in [-0.2, -0.15) is 0 Å². The number of piperidine rings is 1. The van der Waals surface area contributed by atoms with E-state index in [1.807, 2.05) is 0 Å². The second-order valence-electron chi connectivity index (χ2n) is 6.15. The van der Waals surface area contributed by atoms with Gasteiger partial charge in [0.25, 0.3) is 0 Å². The number of nitrogens with zero attached hydrogens (tertiary/aromatic N) is 2. The van der Waals surface area contributed by atoms with Gasteiger partial charge in [0.15, 0.2) is 5.96 Å². The van der Waals surface area contributed by atoms with Crippen LogP contribution in [0, 0.1) is 17.2 Å². The maximum absolute atomic E-state index is 12.2. The highest BCUT2D eigenvalue weighted by Gasteiger charge is 2.58. The maximum Gasteiger partial charge on any atom is 0.353 e. The minimum Gasteiger partial charge on any atom is -0.477 e. The SMILES string of the molecule is CC(O)[C@H]1C(=O)N2C(C(=O)O)=C(C3CCN(C(=N)N)CC3)S[C@H]12. The van der Waals surface area contributed by atoms with E-state index in [1.54, 1.807) is 11.8 Å². The Morgan fingerprint density at radius 1 is 1.43 bits per heavy atom. The zero-order chi connectivity index (χ0) is 16.9. The molecule has 2 fully saturated rings.